The van der Waals surface area contributed by atoms with E-state index >= 15 is 0 Å². The molecule has 0 amide bonds. The molecule has 3 aromatic rings. The first-order chi connectivity index (χ1) is 9.72. The number of halogens is 2. The Morgan fingerprint density at radius 1 is 1.15 bits per heavy atom. The van der Waals surface area contributed by atoms with E-state index in [4.69, 9.17) is 11.6 Å². The van der Waals surface area contributed by atoms with Gasteiger partial charge in [0.2, 0.25) is 0 Å². The summed E-state index contributed by atoms with van der Waals surface area (Å²) in [5, 5.41) is 0. The third-order valence-corrected chi connectivity index (χ3v) is 4.32. The summed E-state index contributed by atoms with van der Waals surface area (Å²) in [7, 11) is 0. The molecule has 0 fully saturated rings. The third kappa shape index (κ3) is 2.44. The number of fused-ring (bicyclic) bond motifs is 1. The standard InChI is InChI=1S/C16H14ClIN2/c1-2-11-3-6-13(7-4-11)20-15-8-5-12(18)9-14(15)19-16(20)10-17/h3-9H,2,10H2,1H3. The molecule has 0 aliphatic carbocycles. The Labute approximate surface area is 136 Å². The van der Waals surface area contributed by atoms with E-state index in [-0.39, 0.29) is 0 Å². The minimum absolute atomic E-state index is 0.404. The Bertz CT molecular complexity index is 747. The maximum Gasteiger partial charge on any atom is 0.129 e. The lowest BCUT2D eigenvalue weighted by Gasteiger charge is -2.08. The van der Waals surface area contributed by atoms with Crippen LogP contribution < -0.4 is 0 Å². The molecule has 4 heteroatoms. The van der Waals surface area contributed by atoms with Crippen LogP contribution in [0.2, 0.25) is 0 Å². The normalized spacial score (nSPS) is 11.2. The summed E-state index contributed by atoms with van der Waals surface area (Å²) in [6.07, 6.45) is 1.05. The lowest BCUT2D eigenvalue weighted by Crippen LogP contribution is -1.99. The van der Waals surface area contributed by atoms with Gasteiger partial charge in [0.25, 0.3) is 0 Å². The van der Waals surface area contributed by atoms with Crippen LogP contribution in [-0.2, 0) is 12.3 Å². The molecule has 0 aliphatic rings. The predicted molar refractivity (Wildman–Crippen MR) is 92.7 cm³/mol. The van der Waals surface area contributed by atoms with Gasteiger partial charge >= 0.3 is 0 Å². The highest BCUT2D eigenvalue weighted by Crippen LogP contribution is 2.24. The zero-order valence-corrected chi connectivity index (χ0v) is 14.0. The second-order valence-corrected chi connectivity index (χ2v) is 6.16. The van der Waals surface area contributed by atoms with Crippen molar-refractivity contribution in [3.05, 3.63) is 57.4 Å². The second kappa shape index (κ2) is 5.74. The Kier molecular flexibility index (Phi) is 3.98. The molecule has 20 heavy (non-hydrogen) atoms. The van der Waals surface area contributed by atoms with Crippen molar-refractivity contribution in [1.29, 1.82) is 0 Å². The summed E-state index contributed by atoms with van der Waals surface area (Å²) in [5.74, 6) is 1.29. The van der Waals surface area contributed by atoms with Gasteiger partial charge in [-0.15, -0.1) is 11.6 Å². The average Bonchev–Trinajstić information content (AvgIpc) is 2.84. The molecular weight excluding hydrogens is 383 g/mol. The van der Waals surface area contributed by atoms with Crippen LogP contribution in [0.25, 0.3) is 16.7 Å². The maximum atomic E-state index is 6.07. The topological polar surface area (TPSA) is 17.8 Å². The summed E-state index contributed by atoms with van der Waals surface area (Å²) in [5.41, 5.74) is 4.54. The van der Waals surface area contributed by atoms with Crippen LogP contribution in [0.5, 0.6) is 0 Å². The van der Waals surface area contributed by atoms with Crippen molar-refractivity contribution in [3.8, 4) is 5.69 Å². The highest BCUT2D eigenvalue weighted by atomic mass is 127. The predicted octanol–water partition coefficient (Wildman–Crippen LogP) is 4.93. The van der Waals surface area contributed by atoms with Crippen LogP contribution in [0.15, 0.2) is 42.5 Å². The fourth-order valence-corrected chi connectivity index (χ4v) is 3.02. The van der Waals surface area contributed by atoms with E-state index in [1.54, 1.807) is 0 Å². The fraction of sp³-hybridized carbons (Fsp3) is 0.188. The minimum Gasteiger partial charge on any atom is -0.295 e. The van der Waals surface area contributed by atoms with Crippen LogP contribution in [0.3, 0.4) is 0 Å². The van der Waals surface area contributed by atoms with Crippen molar-refractivity contribution in [2.75, 3.05) is 0 Å². The smallest absolute Gasteiger partial charge is 0.129 e. The van der Waals surface area contributed by atoms with Gasteiger partial charge in [-0.3, -0.25) is 4.57 Å². The number of hydrogen-bond acceptors (Lipinski definition) is 1. The van der Waals surface area contributed by atoms with Crippen LogP contribution in [0.4, 0.5) is 0 Å². The maximum absolute atomic E-state index is 6.07. The molecule has 0 saturated heterocycles. The van der Waals surface area contributed by atoms with E-state index in [0.717, 1.165) is 29.0 Å². The first-order valence-electron chi connectivity index (χ1n) is 6.55. The molecule has 0 aliphatic heterocycles. The number of imidazole rings is 1. The molecule has 0 radical (unpaired) electrons. The number of benzene rings is 2. The van der Waals surface area contributed by atoms with Crippen molar-refractivity contribution in [1.82, 2.24) is 9.55 Å². The third-order valence-electron chi connectivity index (χ3n) is 3.41. The molecule has 0 spiro atoms. The summed E-state index contributed by atoms with van der Waals surface area (Å²) >= 11 is 8.37. The van der Waals surface area contributed by atoms with E-state index in [2.05, 4.69) is 81.5 Å². The molecule has 0 N–H and O–H groups in total. The van der Waals surface area contributed by atoms with Gasteiger partial charge in [0, 0.05) is 9.26 Å². The van der Waals surface area contributed by atoms with Crippen LogP contribution in [0.1, 0.15) is 18.3 Å². The number of rotatable bonds is 3. The summed E-state index contributed by atoms with van der Waals surface area (Å²) in [6.45, 7) is 2.16. The quantitative estimate of drug-likeness (QED) is 0.453. The number of aryl methyl sites for hydroxylation is 1. The van der Waals surface area contributed by atoms with E-state index < -0.39 is 0 Å². The first kappa shape index (κ1) is 13.9. The van der Waals surface area contributed by atoms with Crippen LogP contribution in [0, 0.1) is 3.57 Å². The summed E-state index contributed by atoms with van der Waals surface area (Å²) in [4.78, 5) is 4.64. The number of nitrogens with zero attached hydrogens (tertiary/aromatic N) is 2. The zero-order valence-electron chi connectivity index (χ0n) is 11.1. The van der Waals surface area contributed by atoms with E-state index in [1.807, 2.05) is 0 Å². The number of hydrogen-bond donors (Lipinski definition) is 0. The van der Waals surface area contributed by atoms with Gasteiger partial charge in [-0.1, -0.05) is 19.1 Å². The minimum atomic E-state index is 0.404. The largest absolute Gasteiger partial charge is 0.295 e. The molecule has 0 unspecified atom stereocenters. The monoisotopic (exact) mass is 396 g/mol. The second-order valence-electron chi connectivity index (χ2n) is 4.65. The van der Waals surface area contributed by atoms with Crippen molar-refractivity contribution in [3.63, 3.8) is 0 Å². The fourth-order valence-electron chi connectivity index (χ4n) is 2.36. The summed E-state index contributed by atoms with van der Waals surface area (Å²) in [6, 6.07) is 14.9. The van der Waals surface area contributed by atoms with E-state index in [1.165, 1.54) is 9.13 Å². The van der Waals surface area contributed by atoms with Gasteiger partial charge in [-0.25, -0.2) is 4.98 Å². The Hall–Kier alpha value is -1.07. The first-order valence-corrected chi connectivity index (χ1v) is 8.16. The van der Waals surface area contributed by atoms with E-state index in [9.17, 15) is 0 Å². The van der Waals surface area contributed by atoms with Crippen molar-refractivity contribution >= 4 is 45.2 Å². The van der Waals surface area contributed by atoms with Gasteiger partial charge < -0.3 is 0 Å². The molecule has 0 saturated carbocycles. The number of aromatic nitrogens is 2. The van der Waals surface area contributed by atoms with Gasteiger partial charge in [0.15, 0.2) is 0 Å². The molecular formula is C16H14ClIN2. The van der Waals surface area contributed by atoms with Gasteiger partial charge in [-0.05, 0) is 64.9 Å². The molecule has 2 aromatic carbocycles. The Balaban J connectivity index is 2.22. The molecule has 3 rings (SSSR count). The SMILES string of the molecule is CCc1ccc(-n2c(CCl)nc3cc(I)ccc32)cc1. The highest BCUT2D eigenvalue weighted by molar-refractivity contribution is 14.1. The highest BCUT2D eigenvalue weighted by Gasteiger charge is 2.11. The van der Waals surface area contributed by atoms with Gasteiger partial charge in [0.1, 0.15) is 5.82 Å². The zero-order chi connectivity index (χ0) is 14.1. The van der Waals surface area contributed by atoms with Gasteiger partial charge in [0.05, 0.1) is 16.9 Å². The molecule has 0 bridgehead atoms. The van der Waals surface area contributed by atoms with Crippen LogP contribution >= 0.6 is 34.2 Å². The number of alkyl halides is 1. The Morgan fingerprint density at radius 2 is 1.90 bits per heavy atom. The molecule has 0 atom stereocenters. The molecule has 2 nitrogen and oxygen atoms in total. The lowest BCUT2D eigenvalue weighted by atomic mass is 10.1. The molecule has 1 heterocycles. The van der Waals surface area contributed by atoms with E-state index in [0.29, 0.717) is 5.88 Å². The molecule has 1 aromatic heterocycles. The van der Waals surface area contributed by atoms with Crippen molar-refractivity contribution < 1.29 is 0 Å². The Morgan fingerprint density at radius 3 is 2.55 bits per heavy atom. The van der Waals surface area contributed by atoms with Crippen molar-refractivity contribution in [2.45, 2.75) is 19.2 Å². The molecule has 102 valence electrons. The van der Waals surface area contributed by atoms with Crippen LogP contribution in [-0.4, -0.2) is 9.55 Å². The van der Waals surface area contributed by atoms with Crippen molar-refractivity contribution in [2.24, 2.45) is 0 Å². The lowest BCUT2D eigenvalue weighted by molar-refractivity contribution is 0.979. The summed E-state index contributed by atoms with van der Waals surface area (Å²) < 4.78 is 3.32. The van der Waals surface area contributed by atoms with Gasteiger partial charge in [-0.2, -0.15) is 0 Å². The average molecular weight is 397 g/mol.